The second-order valence-electron chi connectivity index (χ2n) is 5.52. The van der Waals surface area contributed by atoms with Crippen LogP contribution in [0.25, 0.3) is 0 Å². The zero-order chi connectivity index (χ0) is 14.1. The maximum absolute atomic E-state index is 12.4. The van der Waals surface area contributed by atoms with Gasteiger partial charge < -0.3 is 19.7 Å². The summed E-state index contributed by atoms with van der Waals surface area (Å²) >= 11 is 0. The second-order valence-corrected chi connectivity index (χ2v) is 5.52. The minimum absolute atomic E-state index is 0.00576. The number of ether oxygens (including phenoxy) is 2. The summed E-state index contributed by atoms with van der Waals surface area (Å²) < 4.78 is 11.2. The first kappa shape index (κ1) is 13.4. The van der Waals surface area contributed by atoms with E-state index in [1.54, 1.807) is 0 Å². The van der Waals surface area contributed by atoms with Gasteiger partial charge in [0, 0.05) is 5.69 Å². The molecule has 0 aliphatic carbocycles. The van der Waals surface area contributed by atoms with Gasteiger partial charge in [0.1, 0.15) is 0 Å². The first-order valence-electron chi connectivity index (χ1n) is 6.99. The Balaban J connectivity index is 1.70. The van der Waals surface area contributed by atoms with Crippen LogP contribution in [-0.4, -0.2) is 49.4 Å². The van der Waals surface area contributed by atoms with E-state index in [-0.39, 0.29) is 18.2 Å². The lowest BCUT2D eigenvalue weighted by Gasteiger charge is -2.41. The number of rotatable bonds is 1. The molecule has 5 nitrogen and oxygen atoms in total. The van der Waals surface area contributed by atoms with Gasteiger partial charge in [0.15, 0.2) is 0 Å². The number of aryl methyl sites for hydroxylation is 2. The van der Waals surface area contributed by atoms with E-state index in [2.05, 4.69) is 5.32 Å². The molecule has 2 fully saturated rings. The quantitative estimate of drug-likeness (QED) is 0.852. The fourth-order valence-electron chi connectivity index (χ4n) is 2.80. The van der Waals surface area contributed by atoms with E-state index in [1.165, 1.54) is 0 Å². The van der Waals surface area contributed by atoms with Crippen molar-refractivity contribution in [3.8, 4) is 0 Å². The van der Waals surface area contributed by atoms with E-state index >= 15 is 0 Å². The monoisotopic (exact) mass is 276 g/mol. The van der Waals surface area contributed by atoms with Gasteiger partial charge >= 0.3 is 6.03 Å². The van der Waals surface area contributed by atoms with E-state index in [9.17, 15) is 4.79 Å². The SMILES string of the molecule is Cc1cccc(C)c1NC(=O)N1CC2COCC(C1)O2. The molecule has 0 radical (unpaired) electrons. The smallest absolute Gasteiger partial charge is 0.322 e. The normalized spacial score (nSPS) is 25.4. The van der Waals surface area contributed by atoms with Crippen LogP contribution in [0.15, 0.2) is 18.2 Å². The number of morpholine rings is 1. The fraction of sp³-hybridized carbons (Fsp3) is 0.533. The molecule has 5 heteroatoms. The minimum Gasteiger partial charge on any atom is -0.376 e. The third kappa shape index (κ3) is 2.64. The number of nitrogens with zero attached hydrogens (tertiary/aromatic N) is 1. The predicted molar refractivity (Wildman–Crippen MR) is 76.0 cm³/mol. The average Bonchev–Trinajstić information content (AvgIpc) is 2.42. The number of carbonyl (C=O) groups is 1. The van der Waals surface area contributed by atoms with Gasteiger partial charge in [-0.25, -0.2) is 4.79 Å². The van der Waals surface area contributed by atoms with Crippen molar-refractivity contribution in [3.63, 3.8) is 0 Å². The number of amides is 2. The third-order valence-electron chi connectivity index (χ3n) is 3.84. The number of urea groups is 1. The zero-order valence-corrected chi connectivity index (χ0v) is 11.9. The summed E-state index contributed by atoms with van der Waals surface area (Å²) in [5.41, 5.74) is 3.07. The molecule has 2 bridgehead atoms. The summed E-state index contributed by atoms with van der Waals surface area (Å²) in [7, 11) is 0. The van der Waals surface area contributed by atoms with Crippen LogP contribution in [-0.2, 0) is 9.47 Å². The molecule has 0 spiro atoms. The van der Waals surface area contributed by atoms with Crippen LogP contribution in [0.2, 0.25) is 0 Å². The zero-order valence-electron chi connectivity index (χ0n) is 11.9. The van der Waals surface area contributed by atoms with E-state index in [1.807, 2.05) is 36.9 Å². The minimum atomic E-state index is -0.0531. The summed E-state index contributed by atoms with van der Waals surface area (Å²) in [6, 6.07) is 5.95. The van der Waals surface area contributed by atoms with Crippen LogP contribution in [0.3, 0.4) is 0 Å². The highest BCUT2D eigenvalue weighted by atomic mass is 16.6. The van der Waals surface area contributed by atoms with Crippen LogP contribution in [0.4, 0.5) is 10.5 Å². The number of fused-ring (bicyclic) bond motifs is 2. The molecule has 20 heavy (non-hydrogen) atoms. The van der Waals surface area contributed by atoms with E-state index in [0.29, 0.717) is 26.3 Å². The lowest BCUT2D eigenvalue weighted by Crippen LogP contribution is -2.56. The molecular formula is C15H20N2O3. The Bertz CT molecular complexity index is 486. The predicted octanol–water partition coefficient (Wildman–Crippen LogP) is 1.93. The van der Waals surface area contributed by atoms with Gasteiger partial charge in [0.25, 0.3) is 0 Å². The number of carbonyl (C=O) groups excluding carboxylic acids is 1. The molecule has 2 unspecified atom stereocenters. The number of hydrogen-bond donors (Lipinski definition) is 1. The second kappa shape index (κ2) is 5.42. The summed E-state index contributed by atoms with van der Waals surface area (Å²) in [4.78, 5) is 14.2. The highest BCUT2D eigenvalue weighted by molar-refractivity contribution is 5.91. The van der Waals surface area contributed by atoms with Crippen molar-refractivity contribution >= 4 is 11.7 Å². The maximum atomic E-state index is 12.4. The Morgan fingerprint density at radius 2 is 1.80 bits per heavy atom. The molecule has 2 heterocycles. The van der Waals surface area contributed by atoms with E-state index in [0.717, 1.165) is 16.8 Å². The first-order chi connectivity index (χ1) is 9.63. The van der Waals surface area contributed by atoms with Crippen LogP contribution in [0.5, 0.6) is 0 Å². The molecule has 0 aromatic heterocycles. The van der Waals surface area contributed by atoms with Crippen molar-refractivity contribution in [2.75, 3.05) is 31.6 Å². The van der Waals surface area contributed by atoms with Crippen molar-refractivity contribution < 1.29 is 14.3 Å². The lowest BCUT2D eigenvalue weighted by atomic mass is 10.1. The summed E-state index contributed by atoms with van der Waals surface area (Å²) in [6.07, 6.45) is 0.0115. The highest BCUT2D eigenvalue weighted by Crippen LogP contribution is 2.22. The average molecular weight is 276 g/mol. The fourth-order valence-corrected chi connectivity index (χ4v) is 2.80. The molecule has 1 aromatic carbocycles. The van der Waals surface area contributed by atoms with Gasteiger partial charge in [0.2, 0.25) is 0 Å². The number of para-hydroxylation sites is 1. The molecule has 2 saturated heterocycles. The summed E-state index contributed by atoms with van der Waals surface area (Å²) in [5.74, 6) is 0. The Hall–Kier alpha value is -1.59. The van der Waals surface area contributed by atoms with Crippen LogP contribution in [0.1, 0.15) is 11.1 Å². The Morgan fingerprint density at radius 1 is 1.20 bits per heavy atom. The Morgan fingerprint density at radius 3 is 2.40 bits per heavy atom. The number of benzene rings is 1. The maximum Gasteiger partial charge on any atom is 0.322 e. The molecule has 108 valence electrons. The van der Waals surface area contributed by atoms with Gasteiger partial charge in [-0.2, -0.15) is 0 Å². The molecule has 2 amide bonds. The lowest BCUT2D eigenvalue weighted by molar-refractivity contribution is -0.170. The third-order valence-corrected chi connectivity index (χ3v) is 3.84. The van der Waals surface area contributed by atoms with Crippen molar-refractivity contribution in [1.29, 1.82) is 0 Å². The van der Waals surface area contributed by atoms with Crippen molar-refractivity contribution in [2.45, 2.75) is 26.1 Å². The van der Waals surface area contributed by atoms with Gasteiger partial charge in [-0.15, -0.1) is 0 Å². The van der Waals surface area contributed by atoms with Gasteiger partial charge in [-0.1, -0.05) is 18.2 Å². The summed E-state index contributed by atoms with van der Waals surface area (Å²) in [5, 5.41) is 3.03. The highest BCUT2D eigenvalue weighted by Gasteiger charge is 2.34. The standard InChI is InChI=1S/C15H20N2O3/c1-10-4-3-5-11(2)14(10)16-15(18)17-6-12-8-19-9-13(7-17)20-12/h3-5,12-13H,6-9H2,1-2H3,(H,16,18). The van der Waals surface area contributed by atoms with E-state index in [4.69, 9.17) is 9.47 Å². The molecule has 2 aliphatic heterocycles. The number of hydrogen-bond acceptors (Lipinski definition) is 3. The molecule has 2 aliphatic rings. The molecular weight excluding hydrogens is 256 g/mol. The van der Waals surface area contributed by atoms with Gasteiger partial charge in [-0.3, -0.25) is 0 Å². The first-order valence-corrected chi connectivity index (χ1v) is 6.99. The van der Waals surface area contributed by atoms with Gasteiger partial charge in [0.05, 0.1) is 38.5 Å². The topological polar surface area (TPSA) is 50.8 Å². The number of anilines is 1. The molecule has 1 N–H and O–H groups in total. The Kier molecular flexibility index (Phi) is 3.63. The van der Waals surface area contributed by atoms with Crippen molar-refractivity contribution in [1.82, 2.24) is 4.90 Å². The number of nitrogens with one attached hydrogen (secondary N) is 1. The van der Waals surface area contributed by atoms with Crippen LogP contribution >= 0.6 is 0 Å². The molecule has 3 rings (SSSR count). The molecule has 1 aromatic rings. The van der Waals surface area contributed by atoms with E-state index < -0.39 is 0 Å². The van der Waals surface area contributed by atoms with Crippen LogP contribution in [0, 0.1) is 13.8 Å². The van der Waals surface area contributed by atoms with Gasteiger partial charge in [-0.05, 0) is 25.0 Å². The van der Waals surface area contributed by atoms with Crippen molar-refractivity contribution in [2.24, 2.45) is 0 Å². The largest absolute Gasteiger partial charge is 0.376 e. The van der Waals surface area contributed by atoms with Crippen LogP contribution < -0.4 is 5.32 Å². The van der Waals surface area contributed by atoms with Crippen molar-refractivity contribution in [3.05, 3.63) is 29.3 Å². The summed E-state index contributed by atoms with van der Waals surface area (Å²) in [6.45, 7) is 6.34. The molecule has 2 atom stereocenters. The molecule has 0 saturated carbocycles. The Labute approximate surface area is 118 Å².